The van der Waals surface area contributed by atoms with E-state index in [-0.39, 0.29) is 6.10 Å². The zero-order valence-electron chi connectivity index (χ0n) is 9.84. The Bertz CT molecular complexity index is 347. The third-order valence-electron chi connectivity index (χ3n) is 3.05. The van der Waals surface area contributed by atoms with Gasteiger partial charge in [0.2, 0.25) is 0 Å². The Morgan fingerprint density at radius 2 is 1.87 bits per heavy atom. The fourth-order valence-electron chi connectivity index (χ4n) is 1.65. The highest BCUT2D eigenvalue weighted by Crippen LogP contribution is 2.30. The van der Waals surface area contributed by atoms with Crippen molar-refractivity contribution in [1.29, 1.82) is 0 Å². The van der Waals surface area contributed by atoms with Crippen molar-refractivity contribution in [3.8, 4) is 0 Å². The van der Waals surface area contributed by atoms with Crippen molar-refractivity contribution in [1.82, 2.24) is 0 Å². The zero-order valence-corrected chi connectivity index (χ0v) is 11.4. The van der Waals surface area contributed by atoms with Crippen LogP contribution in [-0.2, 0) is 0 Å². The van der Waals surface area contributed by atoms with Crippen LogP contribution in [0.1, 0.15) is 43.1 Å². The molecular weight excluding hydrogens is 252 g/mol. The Morgan fingerprint density at radius 1 is 1.27 bits per heavy atom. The van der Waals surface area contributed by atoms with E-state index in [2.05, 4.69) is 48.8 Å². The van der Waals surface area contributed by atoms with Crippen LogP contribution in [0.3, 0.4) is 0 Å². The van der Waals surface area contributed by atoms with Crippen molar-refractivity contribution >= 4 is 15.9 Å². The van der Waals surface area contributed by atoms with Gasteiger partial charge in [-0.1, -0.05) is 42.3 Å². The molecule has 84 valence electrons. The lowest BCUT2D eigenvalue weighted by atomic mass is 9.91. The van der Waals surface area contributed by atoms with Crippen molar-refractivity contribution in [3.05, 3.63) is 33.3 Å². The molecule has 15 heavy (non-hydrogen) atoms. The van der Waals surface area contributed by atoms with Crippen LogP contribution >= 0.6 is 15.9 Å². The van der Waals surface area contributed by atoms with E-state index in [0.717, 1.165) is 22.0 Å². The second-order valence-corrected chi connectivity index (χ2v) is 5.14. The summed E-state index contributed by atoms with van der Waals surface area (Å²) < 4.78 is 1.11. The van der Waals surface area contributed by atoms with E-state index in [1.54, 1.807) is 0 Å². The molecule has 0 heterocycles. The molecule has 0 bridgehead atoms. The molecule has 1 aromatic carbocycles. The molecule has 0 saturated heterocycles. The minimum Gasteiger partial charge on any atom is -0.388 e. The maximum absolute atomic E-state index is 10.2. The summed E-state index contributed by atoms with van der Waals surface area (Å²) in [5.41, 5.74) is 3.39. The summed E-state index contributed by atoms with van der Waals surface area (Å²) in [5.74, 6) is 0.310. The molecule has 0 spiro atoms. The molecule has 1 rings (SSSR count). The van der Waals surface area contributed by atoms with Gasteiger partial charge in [-0.25, -0.2) is 0 Å². The zero-order chi connectivity index (χ0) is 11.6. The third kappa shape index (κ3) is 2.82. The summed E-state index contributed by atoms with van der Waals surface area (Å²) in [6, 6.07) is 4.16. The number of aliphatic hydroxyl groups excluding tert-OH is 1. The molecule has 1 N–H and O–H groups in total. The molecule has 2 heteroatoms. The smallest absolute Gasteiger partial charge is 0.0818 e. The largest absolute Gasteiger partial charge is 0.388 e. The van der Waals surface area contributed by atoms with Crippen molar-refractivity contribution < 1.29 is 5.11 Å². The Labute approximate surface area is 101 Å². The van der Waals surface area contributed by atoms with Gasteiger partial charge in [-0.3, -0.25) is 0 Å². The fraction of sp³-hybridized carbons (Fsp3) is 0.538. The van der Waals surface area contributed by atoms with Crippen molar-refractivity contribution in [2.45, 2.75) is 40.2 Å². The highest BCUT2D eigenvalue weighted by molar-refractivity contribution is 9.10. The molecular formula is C13H19BrO. The highest BCUT2D eigenvalue weighted by atomic mass is 79.9. The van der Waals surface area contributed by atoms with E-state index < -0.39 is 0 Å². The van der Waals surface area contributed by atoms with E-state index in [0.29, 0.717) is 5.92 Å². The number of hydrogen-bond acceptors (Lipinski definition) is 1. The Kier molecular flexibility index (Phi) is 4.35. The molecule has 1 aromatic rings. The average Bonchev–Trinajstić information content (AvgIpc) is 2.21. The standard InChI is InChI=1S/C13H19BrO/c1-5-8(2)13(15)11-6-10(4)12(14)7-9(11)3/h6-8,13,15H,5H2,1-4H3. The van der Waals surface area contributed by atoms with Gasteiger partial charge >= 0.3 is 0 Å². The molecule has 1 nitrogen and oxygen atoms in total. The predicted molar refractivity (Wildman–Crippen MR) is 68.0 cm³/mol. The van der Waals surface area contributed by atoms with Crippen LogP contribution in [0.15, 0.2) is 16.6 Å². The summed E-state index contributed by atoms with van der Waals surface area (Å²) >= 11 is 3.50. The van der Waals surface area contributed by atoms with Crippen LogP contribution in [0, 0.1) is 19.8 Å². The highest BCUT2D eigenvalue weighted by Gasteiger charge is 2.17. The third-order valence-corrected chi connectivity index (χ3v) is 3.90. The van der Waals surface area contributed by atoms with Gasteiger partial charge in [0.1, 0.15) is 0 Å². The molecule has 0 aliphatic heterocycles. The van der Waals surface area contributed by atoms with E-state index in [4.69, 9.17) is 0 Å². The van der Waals surface area contributed by atoms with Crippen LogP contribution in [0.25, 0.3) is 0 Å². The first-order valence-corrected chi connectivity index (χ1v) is 6.21. The van der Waals surface area contributed by atoms with Gasteiger partial charge in [0.15, 0.2) is 0 Å². The fourth-order valence-corrected chi connectivity index (χ4v) is 2.11. The number of rotatable bonds is 3. The summed E-state index contributed by atoms with van der Waals surface area (Å²) in [5, 5.41) is 10.2. The first-order valence-electron chi connectivity index (χ1n) is 5.42. The lowest BCUT2D eigenvalue weighted by Gasteiger charge is -2.20. The number of benzene rings is 1. The summed E-state index contributed by atoms with van der Waals surface area (Å²) in [6.45, 7) is 8.29. The molecule has 2 atom stereocenters. The first kappa shape index (κ1) is 12.7. The first-order chi connectivity index (χ1) is 6.97. The Hall–Kier alpha value is -0.340. The average molecular weight is 271 g/mol. The van der Waals surface area contributed by atoms with Gasteiger partial charge in [0.05, 0.1) is 6.10 Å². The van der Waals surface area contributed by atoms with Crippen molar-refractivity contribution in [2.75, 3.05) is 0 Å². The van der Waals surface area contributed by atoms with E-state index >= 15 is 0 Å². The quantitative estimate of drug-likeness (QED) is 0.875. The van der Waals surface area contributed by atoms with Gasteiger partial charge in [-0.15, -0.1) is 0 Å². The summed E-state index contributed by atoms with van der Waals surface area (Å²) in [7, 11) is 0. The molecule has 0 aromatic heterocycles. The van der Waals surface area contributed by atoms with E-state index in [1.807, 2.05) is 6.92 Å². The van der Waals surface area contributed by atoms with Crippen LogP contribution < -0.4 is 0 Å². The Morgan fingerprint density at radius 3 is 2.40 bits per heavy atom. The lowest BCUT2D eigenvalue weighted by molar-refractivity contribution is 0.115. The minimum atomic E-state index is -0.346. The van der Waals surface area contributed by atoms with Gasteiger partial charge < -0.3 is 5.11 Å². The van der Waals surface area contributed by atoms with Gasteiger partial charge in [0.25, 0.3) is 0 Å². The van der Waals surface area contributed by atoms with Gasteiger partial charge in [0, 0.05) is 4.47 Å². The van der Waals surface area contributed by atoms with Crippen LogP contribution in [0.5, 0.6) is 0 Å². The van der Waals surface area contributed by atoms with Crippen molar-refractivity contribution in [3.63, 3.8) is 0 Å². The number of aliphatic hydroxyl groups is 1. The van der Waals surface area contributed by atoms with Gasteiger partial charge in [-0.05, 0) is 42.5 Å². The monoisotopic (exact) mass is 270 g/mol. The second kappa shape index (κ2) is 5.13. The molecule has 2 unspecified atom stereocenters. The lowest BCUT2D eigenvalue weighted by Crippen LogP contribution is -2.10. The maximum atomic E-state index is 10.2. The number of aryl methyl sites for hydroxylation is 2. The normalized spacial score (nSPS) is 15.1. The molecule has 0 fully saturated rings. The minimum absolute atomic E-state index is 0.310. The number of halogens is 1. The molecule has 0 aliphatic carbocycles. The van der Waals surface area contributed by atoms with Crippen LogP contribution in [-0.4, -0.2) is 5.11 Å². The molecule has 0 radical (unpaired) electrons. The predicted octanol–water partition coefficient (Wildman–Crippen LogP) is 4.15. The summed E-state index contributed by atoms with van der Waals surface area (Å²) in [6.07, 6.45) is 0.650. The number of hydrogen-bond donors (Lipinski definition) is 1. The van der Waals surface area contributed by atoms with E-state index in [9.17, 15) is 5.11 Å². The van der Waals surface area contributed by atoms with Crippen LogP contribution in [0.4, 0.5) is 0 Å². The van der Waals surface area contributed by atoms with Crippen LogP contribution in [0.2, 0.25) is 0 Å². The summed E-state index contributed by atoms with van der Waals surface area (Å²) in [4.78, 5) is 0. The van der Waals surface area contributed by atoms with Gasteiger partial charge in [-0.2, -0.15) is 0 Å². The second-order valence-electron chi connectivity index (χ2n) is 4.29. The Balaban J connectivity index is 3.09. The molecule has 0 amide bonds. The van der Waals surface area contributed by atoms with Crippen molar-refractivity contribution in [2.24, 2.45) is 5.92 Å². The maximum Gasteiger partial charge on any atom is 0.0818 e. The SMILES string of the molecule is CCC(C)C(O)c1cc(C)c(Br)cc1C. The molecule has 0 aliphatic rings. The topological polar surface area (TPSA) is 20.2 Å². The van der Waals surface area contributed by atoms with E-state index in [1.165, 1.54) is 5.56 Å². The molecule has 0 saturated carbocycles.